The van der Waals surface area contributed by atoms with Crippen LogP contribution >= 0.6 is 0 Å². The maximum Gasteiger partial charge on any atom is 0.256 e. The van der Waals surface area contributed by atoms with E-state index >= 15 is 4.39 Å². The number of hydrogen-bond acceptors (Lipinski definition) is 6. The Morgan fingerprint density at radius 1 is 1.15 bits per heavy atom. The zero-order valence-corrected chi connectivity index (χ0v) is 18.7. The van der Waals surface area contributed by atoms with Crippen LogP contribution < -0.4 is 5.73 Å². The molecule has 0 bridgehead atoms. The summed E-state index contributed by atoms with van der Waals surface area (Å²) in [6.07, 6.45) is 6.19. The Labute approximate surface area is 192 Å². The predicted molar refractivity (Wildman–Crippen MR) is 125 cm³/mol. The summed E-state index contributed by atoms with van der Waals surface area (Å²) in [7, 11) is 0. The van der Waals surface area contributed by atoms with E-state index in [4.69, 9.17) is 10.8 Å². The third kappa shape index (κ3) is 4.85. The van der Waals surface area contributed by atoms with Crippen LogP contribution in [0.2, 0.25) is 0 Å². The van der Waals surface area contributed by atoms with E-state index in [1.807, 2.05) is 13.0 Å². The van der Waals surface area contributed by atoms with Crippen molar-refractivity contribution in [3.05, 3.63) is 59.9 Å². The largest absolute Gasteiger partial charge is 0.396 e. The van der Waals surface area contributed by atoms with Gasteiger partial charge in [0.25, 0.3) is 5.91 Å². The number of piperidine rings is 1. The molecule has 1 aliphatic rings. The van der Waals surface area contributed by atoms with Crippen molar-refractivity contribution in [3.8, 4) is 22.4 Å². The molecule has 0 atom stereocenters. The lowest BCUT2D eigenvalue weighted by atomic mass is 9.93. The first-order valence-electron chi connectivity index (χ1n) is 11.3. The Kier molecular flexibility index (Phi) is 6.93. The lowest BCUT2D eigenvalue weighted by Gasteiger charge is -2.32. The molecule has 1 amide bonds. The van der Waals surface area contributed by atoms with Crippen molar-refractivity contribution in [1.29, 1.82) is 0 Å². The van der Waals surface area contributed by atoms with Gasteiger partial charge in [0.15, 0.2) is 0 Å². The number of halogens is 1. The van der Waals surface area contributed by atoms with Crippen LogP contribution in [0.3, 0.4) is 0 Å². The number of aliphatic hydroxyl groups excluding tert-OH is 1. The number of pyridine rings is 1. The van der Waals surface area contributed by atoms with Crippen molar-refractivity contribution in [2.75, 3.05) is 25.4 Å². The van der Waals surface area contributed by atoms with Crippen LogP contribution in [-0.4, -0.2) is 50.6 Å². The van der Waals surface area contributed by atoms with Crippen LogP contribution in [0.5, 0.6) is 0 Å². The fraction of sp³-hybridized carbons (Fsp3) is 0.360. The maximum absolute atomic E-state index is 15.2. The average molecular weight is 450 g/mol. The van der Waals surface area contributed by atoms with Crippen LogP contribution in [0.25, 0.3) is 22.4 Å². The summed E-state index contributed by atoms with van der Waals surface area (Å²) in [5.74, 6) is -0.0584. The van der Waals surface area contributed by atoms with E-state index in [1.54, 1.807) is 23.2 Å². The number of benzene rings is 1. The SMILES string of the molecule is CCc1ncnc(-c2ccc(C(=O)N3CCC(CCO)CC3)c(F)c2)c1-c1ccc(N)nc1. The molecule has 3 heterocycles. The third-order valence-electron chi connectivity index (χ3n) is 6.25. The molecular weight excluding hydrogens is 421 g/mol. The van der Waals surface area contributed by atoms with Crippen molar-refractivity contribution < 1.29 is 14.3 Å². The molecule has 0 radical (unpaired) electrons. The van der Waals surface area contributed by atoms with Gasteiger partial charge in [0, 0.05) is 42.6 Å². The number of amides is 1. The molecule has 1 aliphatic heterocycles. The number of anilines is 1. The van der Waals surface area contributed by atoms with Gasteiger partial charge in [-0.3, -0.25) is 4.79 Å². The third-order valence-corrected chi connectivity index (χ3v) is 6.25. The number of carbonyl (C=O) groups excluding carboxylic acids is 1. The standard InChI is InChI=1S/C25H28FN5O2/c1-2-21-23(18-4-6-22(27)28-14-18)24(30-15-29-21)17-3-5-19(20(26)13-17)25(33)31-10-7-16(8-11-31)9-12-32/h3-6,13-16,32H,2,7-12H2,1H3,(H2,27,28). The van der Waals surface area contributed by atoms with Crippen molar-refractivity contribution in [2.45, 2.75) is 32.6 Å². The fourth-order valence-corrected chi connectivity index (χ4v) is 4.38. The van der Waals surface area contributed by atoms with Gasteiger partial charge in [-0.2, -0.15) is 0 Å². The van der Waals surface area contributed by atoms with Gasteiger partial charge in [-0.25, -0.2) is 19.3 Å². The van der Waals surface area contributed by atoms with Gasteiger partial charge in [-0.05, 0) is 55.9 Å². The fourth-order valence-electron chi connectivity index (χ4n) is 4.38. The Morgan fingerprint density at radius 3 is 2.55 bits per heavy atom. The van der Waals surface area contributed by atoms with E-state index < -0.39 is 5.82 Å². The molecule has 1 fully saturated rings. The second kappa shape index (κ2) is 10.0. The van der Waals surface area contributed by atoms with Crippen LogP contribution in [0, 0.1) is 11.7 Å². The zero-order valence-electron chi connectivity index (χ0n) is 18.7. The molecular formula is C25H28FN5O2. The van der Waals surface area contributed by atoms with E-state index in [-0.39, 0.29) is 18.1 Å². The number of aliphatic hydroxyl groups is 1. The number of nitrogens with two attached hydrogens (primary N) is 1. The number of rotatable bonds is 6. The summed E-state index contributed by atoms with van der Waals surface area (Å²) >= 11 is 0. The summed E-state index contributed by atoms with van der Waals surface area (Å²) in [6.45, 7) is 3.30. The Hall–Kier alpha value is -3.39. The maximum atomic E-state index is 15.2. The first kappa shape index (κ1) is 22.8. The van der Waals surface area contributed by atoms with Gasteiger partial charge in [0.2, 0.25) is 0 Å². The first-order valence-corrected chi connectivity index (χ1v) is 11.3. The lowest BCUT2D eigenvalue weighted by Crippen LogP contribution is -2.39. The van der Waals surface area contributed by atoms with E-state index in [9.17, 15) is 4.79 Å². The zero-order chi connectivity index (χ0) is 23.4. The van der Waals surface area contributed by atoms with Crippen LogP contribution in [0.1, 0.15) is 42.2 Å². The molecule has 1 saturated heterocycles. The van der Waals surface area contributed by atoms with E-state index in [0.717, 1.165) is 36.1 Å². The van der Waals surface area contributed by atoms with E-state index in [0.29, 0.717) is 42.5 Å². The molecule has 172 valence electrons. The molecule has 0 spiro atoms. The average Bonchev–Trinajstić information content (AvgIpc) is 2.84. The molecule has 0 saturated carbocycles. The summed E-state index contributed by atoms with van der Waals surface area (Å²) in [5, 5.41) is 9.12. The molecule has 1 aromatic carbocycles. The van der Waals surface area contributed by atoms with Crippen molar-refractivity contribution in [1.82, 2.24) is 19.9 Å². The highest BCUT2D eigenvalue weighted by molar-refractivity contribution is 5.95. The number of carbonyl (C=O) groups is 1. The molecule has 3 N–H and O–H groups in total. The summed E-state index contributed by atoms with van der Waals surface area (Å²) in [4.78, 5) is 27.6. The van der Waals surface area contributed by atoms with Gasteiger partial charge in [-0.15, -0.1) is 0 Å². The number of hydrogen-bond donors (Lipinski definition) is 2. The quantitative estimate of drug-likeness (QED) is 0.594. The van der Waals surface area contributed by atoms with Gasteiger partial charge in [-0.1, -0.05) is 13.0 Å². The first-order chi connectivity index (χ1) is 16.0. The molecule has 2 aromatic heterocycles. The molecule has 0 unspecified atom stereocenters. The molecule has 8 heteroatoms. The second-order valence-electron chi connectivity index (χ2n) is 8.31. The molecule has 4 rings (SSSR count). The number of aromatic nitrogens is 3. The van der Waals surface area contributed by atoms with Crippen LogP contribution in [-0.2, 0) is 6.42 Å². The van der Waals surface area contributed by atoms with Gasteiger partial charge in [0.1, 0.15) is 18.0 Å². The number of nitrogens with zero attached hydrogens (tertiary/aromatic N) is 4. The van der Waals surface area contributed by atoms with Crippen LogP contribution in [0.15, 0.2) is 42.9 Å². The monoisotopic (exact) mass is 449 g/mol. The second-order valence-corrected chi connectivity index (χ2v) is 8.31. The molecule has 7 nitrogen and oxygen atoms in total. The topological polar surface area (TPSA) is 105 Å². The molecule has 33 heavy (non-hydrogen) atoms. The number of likely N-dealkylation sites (tertiary alicyclic amines) is 1. The minimum absolute atomic E-state index is 0.0554. The van der Waals surface area contributed by atoms with Gasteiger partial charge in [0.05, 0.1) is 17.0 Å². The number of aryl methyl sites for hydroxylation is 1. The Bertz CT molecular complexity index is 1130. The number of nitrogen functional groups attached to an aromatic ring is 1. The summed E-state index contributed by atoms with van der Waals surface area (Å²) in [6, 6.07) is 8.17. The normalized spacial score (nSPS) is 14.5. The smallest absolute Gasteiger partial charge is 0.256 e. The van der Waals surface area contributed by atoms with E-state index in [1.165, 1.54) is 18.5 Å². The highest BCUT2D eigenvalue weighted by atomic mass is 19.1. The predicted octanol–water partition coefficient (Wildman–Crippen LogP) is 3.72. The Balaban J connectivity index is 1.64. The lowest BCUT2D eigenvalue weighted by molar-refractivity contribution is 0.0673. The van der Waals surface area contributed by atoms with Crippen molar-refractivity contribution in [2.24, 2.45) is 5.92 Å². The highest BCUT2D eigenvalue weighted by Crippen LogP contribution is 2.33. The Morgan fingerprint density at radius 2 is 1.91 bits per heavy atom. The van der Waals surface area contributed by atoms with Crippen LogP contribution in [0.4, 0.5) is 10.2 Å². The van der Waals surface area contributed by atoms with Crippen molar-refractivity contribution in [3.63, 3.8) is 0 Å². The minimum Gasteiger partial charge on any atom is -0.396 e. The van der Waals surface area contributed by atoms with Gasteiger partial charge >= 0.3 is 0 Å². The summed E-state index contributed by atoms with van der Waals surface area (Å²) < 4.78 is 15.2. The van der Waals surface area contributed by atoms with Crippen molar-refractivity contribution >= 4 is 11.7 Å². The van der Waals surface area contributed by atoms with E-state index in [2.05, 4.69) is 15.0 Å². The molecule has 0 aliphatic carbocycles. The highest BCUT2D eigenvalue weighted by Gasteiger charge is 2.25. The van der Waals surface area contributed by atoms with Gasteiger partial charge < -0.3 is 15.7 Å². The molecule has 3 aromatic rings. The minimum atomic E-state index is -0.576. The summed E-state index contributed by atoms with van der Waals surface area (Å²) in [5.41, 5.74) is 9.32.